The fraction of sp³-hybridized carbons (Fsp3) is 0.300. The molecule has 0 aromatic heterocycles. The predicted molar refractivity (Wildman–Crippen MR) is 98.0 cm³/mol. The van der Waals surface area contributed by atoms with Crippen molar-refractivity contribution in [1.82, 2.24) is 4.90 Å². The van der Waals surface area contributed by atoms with Gasteiger partial charge in [-0.2, -0.15) is 5.26 Å². The molecule has 0 N–H and O–H groups in total. The normalized spacial score (nSPS) is 17.5. The second kappa shape index (κ2) is 7.71. The number of sulfone groups is 1. The van der Waals surface area contributed by atoms with Crippen LogP contribution in [0.5, 0.6) is 0 Å². The highest BCUT2D eigenvalue weighted by Crippen LogP contribution is 2.24. The first kappa shape index (κ1) is 18.2. The summed E-state index contributed by atoms with van der Waals surface area (Å²) in [5, 5.41) is 9.13. The number of carbonyl (C=O) groups is 1. The summed E-state index contributed by atoms with van der Waals surface area (Å²) in [7, 11) is -3.66. The van der Waals surface area contributed by atoms with E-state index >= 15 is 0 Å². The summed E-state index contributed by atoms with van der Waals surface area (Å²) in [6.45, 7) is 0.895. The Morgan fingerprint density at radius 1 is 1.12 bits per heavy atom. The first-order valence-corrected chi connectivity index (χ1v) is 10.2. The summed E-state index contributed by atoms with van der Waals surface area (Å²) >= 11 is 0. The van der Waals surface area contributed by atoms with E-state index in [1.807, 2.05) is 6.07 Å². The van der Waals surface area contributed by atoms with Crippen LogP contribution >= 0.6 is 0 Å². The molecule has 0 saturated carbocycles. The van der Waals surface area contributed by atoms with Crippen molar-refractivity contribution in [2.75, 3.05) is 13.1 Å². The van der Waals surface area contributed by atoms with Crippen LogP contribution in [0.25, 0.3) is 0 Å². The second-order valence-corrected chi connectivity index (χ2v) is 8.42. The highest BCUT2D eigenvalue weighted by molar-refractivity contribution is 7.90. The summed E-state index contributed by atoms with van der Waals surface area (Å²) in [5.41, 5.74) is 0.860. The van der Waals surface area contributed by atoms with Gasteiger partial charge in [0.05, 0.1) is 28.2 Å². The van der Waals surface area contributed by atoms with Gasteiger partial charge in [-0.3, -0.25) is 4.79 Å². The average molecular weight is 368 g/mol. The van der Waals surface area contributed by atoms with Crippen LogP contribution in [-0.2, 0) is 15.6 Å². The number of likely N-dealkylation sites (tertiary alicyclic amines) is 1. The van der Waals surface area contributed by atoms with Gasteiger partial charge in [0.15, 0.2) is 9.84 Å². The number of benzene rings is 2. The van der Waals surface area contributed by atoms with E-state index in [4.69, 9.17) is 5.26 Å². The first-order chi connectivity index (χ1) is 12.5. The van der Waals surface area contributed by atoms with E-state index in [1.54, 1.807) is 47.4 Å². The average Bonchev–Trinajstić information content (AvgIpc) is 2.68. The lowest BCUT2D eigenvalue weighted by Gasteiger charge is -2.30. The maximum atomic E-state index is 12.9. The van der Waals surface area contributed by atoms with Gasteiger partial charge < -0.3 is 4.90 Å². The molecule has 1 atom stereocenters. The molecule has 1 amide bonds. The highest BCUT2D eigenvalue weighted by atomic mass is 32.2. The van der Waals surface area contributed by atoms with Crippen molar-refractivity contribution < 1.29 is 13.2 Å². The molecular weight excluding hydrogens is 348 g/mol. The molecule has 0 bridgehead atoms. The van der Waals surface area contributed by atoms with Gasteiger partial charge in [-0.1, -0.05) is 42.5 Å². The van der Waals surface area contributed by atoms with E-state index < -0.39 is 9.84 Å². The molecule has 1 heterocycles. The van der Waals surface area contributed by atoms with Crippen LogP contribution in [0.1, 0.15) is 28.8 Å². The maximum Gasteiger partial charge on any atom is 0.255 e. The van der Waals surface area contributed by atoms with Gasteiger partial charge in [-0.25, -0.2) is 8.42 Å². The Hall–Kier alpha value is -2.65. The minimum absolute atomic E-state index is 0.0490. The van der Waals surface area contributed by atoms with Crippen LogP contribution in [0.15, 0.2) is 59.5 Å². The van der Waals surface area contributed by atoms with Gasteiger partial charge in [0.1, 0.15) is 0 Å². The minimum atomic E-state index is -3.66. The van der Waals surface area contributed by atoms with Crippen LogP contribution in [-0.4, -0.2) is 32.3 Å². The molecule has 3 rings (SSSR count). The highest BCUT2D eigenvalue weighted by Gasteiger charge is 2.28. The molecule has 1 aliphatic rings. The topological polar surface area (TPSA) is 78.2 Å². The number of rotatable bonds is 4. The van der Waals surface area contributed by atoms with Crippen molar-refractivity contribution in [2.24, 2.45) is 5.92 Å². The zero-order chi connectivity index (χ0) is 18.6. The van der Waals surface area contributed by atoms with Gasteiger partial charge in [-0.05, 0) is 30.5 Å². The Morgan fingerprint density at radius 2 is 1.81 bits per heavy atom. The largest absolute Gasteiger partial charge is 0.337 e. The Bertz CT molecular complexity index is 933. The molecule has 0 radical (unpaired) electrons. The molecule has 0 spiro atoms. The Labute approximate surface area is 153 Å². The Balaban J connectivity index is 1.90. The summed E-state index contributed by atoms with van der Waals surface area (Å²) in [6, 6.07) is 17.5. The number of carbonyl (C=O) groups excluding carboxylic acids is 1. The molecule has 134 valence electrons. The van der Waals surface area contributed by atoms with Crippen molar-refractivity contribution >= 4 is 15.7 Å². The summed E-state index contributed by atoms with van der Waals surface area (Å²) in [4.78, 5) is 14.6. The van der Waals surface area contributed by atoms with Crippen molar-refractivity contribution in [3.05, 3.63) is 65.7 Å². The van der Waals surface area contributed by atoms with Crippen LogP contribution in [0.4, 0.5) is 0 Å². The molecule has 2 aromatic rings. The molecule has 26 heavy (non-hydrogen) atoms. The fourth-order valence-electron chi connectivity index (χ4n) is 3.22. The molecule has 1 saturated heterocycles. The first-order valence-electron chi connectivity index (χ1n) is 8.56. The molecule has 6 heteroatoms. The third-order valence-corrected chi connectivity index (χ3v) is 6.28. The van der Waals surface area contributed by atoms with E-state index in [0.29, 0.717) is 18.7 Å². The van der Waals surface area contributed by atoms with Gasteiger partial charge >= 0.3 is 0 Å². The smallest absolute Gasteiger partial charge is 0.255 e. The SMILES string of the molecule is N#C[C@H]1CCCN(C(=O)c2ccccc2S(=O)(=O)Cc2ccccc2)C1. The van der Waals surface area contributed by atoms with Gasteiger partial charge in [-0.15, -0.1) is 0 Å². The molecule has 5 nitrogen and oxygen atoms in total. The van der Waals surface area contributed by atoms with E-state index in [2.05, 4.69) is 6.07 Å². The number of hydrogen-bond acceptors (Lipinski definition) is 4. The quantitative estimate of drug-likeness (QED) is 0.831. The van der Waals surface area contributed by atoms with Crippen molar-refractivity contribution in [3.8, 4) is 6.07 Å². The predicted octanol–water partition coefficient (Wildman–Crippen LogP) is 3.04. The summed E-state index contributed by atoms with van der Waals surface area (Å²) < 4.78 is 25.8. The van der Waals surface area contributed by atoms with Crippen molar-refractivity contribution in [2.45, 2.75) is 23.5 Å². The monoisotopic (exact) mass is 368 g/mol. The third-order valence-electron chi connectivity index (χ3n) is 4.54. The Morgan fingerprint density at radius 3 is 2.54 bits per heavy atom. The van der Waals surface area contributed by atoms with E-state index in [-0.39, 0.29) is 28.0 Å². The maximum absolute atomic E-state index is 12.9. The molecule has 0 unspecified atom stereocenters. The number of piperidine rings is 1. The van der Waals surface area contributed by atoms with E-state index in [0.717, 1.165) is 12.8 Å². The number of nitrogens with zero attached hydrogens (tertiary/aromatic N) is 2. The zero-order valence-corrected chi connectivity index (χ0v) is 15.2. The van der Waals surface area contributed by atoms with Crippen LogP contribution in [0.2, 0.25) is 0 Å². The number of hydrogen-bond donors (Lipinski definition) is 0. The van der Waals surface area contributed by atoms with E-state index in [1.165, 1.54) is 6.07 Å². The lowest BCUT2D eigenvalue weighted by Crippen LogP contribution is -2.40. The fourth-order valence-corrected chi connectivity index (χ4v) is 4.79. The van der Waals surface area contributed by atoms with Crippen molar-refractivity contribution in [3.63, 3.8) is 0 Å². The molecule has 1 fully saturated rings. The van der Waals surface area contributed by atoms with Crippen molar-refractivity contribution in [1.29, 1.82) is 5.26 Å². The summed E-state index contributed by atoms with van der Waals surface area (Å²) in [6.07, 6.45) is 1.52. The Kier molecular flexibility index (Phi) is 5.38. The molecular formula is C20H20N2O3S. The second-order valence-electron chi connectivity index (χ2n) is 6.46. The van der Waals surface area contributed by atoms with Crippen LogP contribution < -0.4 is 0 Å². The lowest BCUT2D eigenvalue weighted by molar-refractivity contribution is 0.0695. The standard InChI is InChI=1S/C20H20N2O3S/c21-13-17-9-6-12-22(14-17)20(23)18-10-4-5-11-19(18)26(24,25)15-16-7-2-1-3-8-16/h1-5,7-8,10-11,17H,6,9,12,14-15H2/t17-/m1/s1. The zero-order valence-electron chi connectivity index (χ0n) is 14.3. The molecule has 2 aromatic carbocycles. The number of amides is 1. The number of nitriles is 1. The van der Waals surface area contributed by atoms with Gasteiger partial charge in [0.2, 0.25) is 0 Å². The van der Waals surface area contributed by atoms with Gasteiger partial charge in [0.25, 0.3) is 5.91 Å². The van der Waals surface area contributed by atoms with Gasteiger partial charge in [0, 0.05) is 13.1 Å². The third kappa shape index (κ3) is 3.94. The van der Waals surface area contributed by atoms with Crippen LogP contribution in [0, 0.1) is 17.2 Å². The van der Waals surface area contributed by atoms with E-state index in [9.17, 15) is 13.2 Å². The minimum Gasteiger partial charge on any atom is -0.337 e. The van der Waals surface area contributed by atoms with Crippen LogP contribution in [0.3, 0.4) is 0 Å². The lowest BCUT2D eigenvalue weighted by atomic mass is 9.99. The molecule has 1 aliphatic heterocycles. The summed E-state index contributed by atoms with van der Waals surface area (Å²) in [5.74, 6) is -0.670. The molecule has 0 aliphatic carbocycles.